The van der Waals surface area contributed by atoms with Crippen LogP contribution in [0.4, 0.5) is 0 Å². The molecule has 2 amide bonds. The van der Waals surface area contributed by atoms with E-state index >= 15 is 0 Å². The maximum atomic E-state index is 12.0. The molecule has 0 radical (unpaired) electrons. The normalized spacial score (nSPS) is 13.7. The second kappa shape index (κ2) is 8.41. The van der Waals surface area contributed by atoms with Crippen LogP contribution in [0.2, 0.25) is 5.02 Å². The van der Waals surface area contributed by atoms with Gasteiger partial charge in [-0.1, -0.05) is 35.9 Å². The minimum Gasteiger partial charge on any atom is -0.493 e. The van der Waals surface area contributed by atoms with Crippen molar-refractivity contribution in [3.63, 3.8) is 0 Å². The van der Waals surface area contributed by atoms with Crippen LogP contribution in [0.25, 0.3) is 6.08 Å². The van der Waals surface area contributed by atoms with E-state index in [-0.39, 0.29) is 10.7 Å². The van der Waals surface area contributed by atoms with E-state index in [9.17, 15) is 9.59 Å². The standard InChI is InChI=1S/C20H17ClN2O4S/c1-11-5-3-4-6-13(11)10-27-17-15(21)8-12(9-16(17)26-2)7-14-18(24)22-20(28)23-19(14)25/h3-9H,10H2,1-2H3,(H2,22,23,24,25,28). The molecule has 1 aliphatic rings. The predicted molar refractivity (Wildman–Crippen MR) is 110 cm³/mol. The van der Waals surface area contributed by atoms with Crippen molar-refractivity contribution >= 4 is 46.8 Å². The number of amides is 2. The van der Waals surface area contributed by atoms with Crippen LogP contribution in [-0.2, 0) is 16.2 Å². The third-order valence-electron chi connectivity index (χ3n) is 4.14. The highest BCUT2D eigenvalue weighted by Crippen LogP contribution is 2.37. The molecule has 1 aliphatic heterocycles. The average Bonchev–Trinajstić information content (AvgIpc) is 2.64. The number of carbonyl (C=O) groups is 2. The number of ether oxygens (including phenoxy) is 2. The molecule has 0 atom stereocenters. The van der Waals surface area contributed by atoms with Crippen molar-refractivity contribution in [2.24, 2.45) is 0 Å². The van der Waals surface area contributed by atoms with E-state index in [1.807, 2.05) is 31.2 Å². The Kier molecular flexibility index (Phi) is 5.96. The quantitative estimate of drug-likeness (QED) is 0.445. The number of hydrogen-bond donors (Lipinski definition) is 2. The van der Waals surface area contributed by atoms with Crippen molar-refractivity contribution < 1.29 is 19.1 Å². The van der Waals surface area contributed by atoms with Crippen LogP contribution >= 0.6 is 23.8 Å². The highest BCUT2D eigenvalue weighted by atomic mass is 35.5. The van der Waals surface area contributed by atoms with Gasteiger partial charge in [0.05, 0.1) is 12.1 Å². The highest BCUT2D eigenvalue weighted by Gasteiger charge is 2.26. The lowest BCUT2D eigenvalue weighted by Crippen LogP contribution is -2.51. The van der Waals surface area contributed by atoms with E-state index < -0.39 is 11.8 Å². The number of methoxy groups -OCH3 is 1. The molecule has 3 rings (SSSR count). The van der Waals surface area contributed by atoms with Crippen LogP contribution < -0.4 is 20.1 Å². The molecular formula is C20H17ClN2O4S. The lowest BCUT2D eigenvalue weighted by atomic mass is 10.1. The first kappa shape index (κ1) is 19.9. The van der Waals surface area contributed by atoms with Gasteiger partial charge in [0.15, 0.2) is 16.6 Å². The number of hydrogen-bond acceptors (Lipinski definition) is 5. The molecule has 1 fully saturated rings. The first-order chi connectivity index (χ1) is 13.4. The number of benzene rings is 2. The zero-order valence-corrected chi connectivity index (χ0v) is 16.7. The first-order valence-corrected chi connectivity index (χ1v) is 9.11. The lowest BCUT2D eigenvalue weighted by Gasteiger charge is -2.17. The number of aryl methyl sites for hydroxylation is 1. The van der Waals surface area contributed by atoms with Crippen molar-refractivity contribution in [2.45, 2.75) is 13.5 Å². The van der Waals surface area contributed by atoms with Gasteiger partial charge in [0.25, 0.3) is 11.8 Å². The summed E-state index contributed by atoms with van der Waals surface area (Å²) in [6.07, 6.45) is 1.41. The van der Waals surface area contributed by atoms with Crippen LogP contribution in [0.15, 0.2) is 42.0 Å². The predicted octanol–water partition coefficient (Wildman–Crippen LogP) is 3.15. The average molecular weight is 417 g/mol. The van der Waals surface area contributed by atoms with Crippen molar-refractivity contribution in [1.82, 2.24) is 10.6 Å². The van der Waals surface area contributed by atoms with Crippen LogP contribution in [0.1, 0.15) is 16.7 Å². The fourth-order valence-electron chi connectivity index (χ4n) is 2.66. The summed E-state index contributed by atoms with van der Waals surface area (Å²) in [5.74, 6) is -0.388. The second-order valence-corrected chi connectivity index (χ2v) is 6.86. The Morgan fingerprint density at radius 3 is 2.46 bits per heavy atom. The fraction of sp³-hybridized carbons (Fsp3) is 0.150. The van der Waals surface area contributed by atoms with Gasteiger partial charge >= 0.3 is 0 Å². The van der Waals surface area contributed by atoms with E-state index in [0.29, 0.717) is 28.7 Å². The lowest BCUT2D eigenvalue weighted by molar-refractivity contribution is -0.123. The smallest absolute Gasteiger partial charge is 0.263 e. The van der Waals surface area contributed by atoms with Gasteiger partial charge in [-0.25, -0.2) is 0 Å². The van der Waals surface area contributed by atoms with Gasteiger partial charge < -0.3 is 9.47 Å². The first-order valence-electron chi connectivity index (χ1n) is 8.32. The van der Waals surface area contributed by atoms with Crippen molar-refractivity contribution in [1.29, 1.82) is 0 Å². The van der Waals surface area contributed by atoms with Crippen LogP contribution in [-0.4, -0.2) is 24.0 Å². The van der Waals surface area contributed by atoms with Gasteiger partial charge in [0.2, 0.25) is 0 Å². The molecule has 28 heavy (non-hydrogen) atoms. The second-order valence-electron chi connectivity index (χ2n) is 6.04. The van der Waals surface area contributed by atoms with Gasteiger partial charge in [0.1, 0.15) is 12.2 Å². The maximum absolute atomic E-state index is 12.0. The summed E-state index contributed by atoms with van der Waals surface area (Å²) in [6.45, 7) is 2.32. The topological polar surface area (TPSA) is 76.7 Å². The Bertz CT molecular complexity index is 982. The summed E-state index contributed by atoms with van der Waals surface area (Å²) in [5, 5.41) is 5.04. The molecule has 0 bridgehead atoms. The van der Waals surface area contributed by atoms with Crippen LogP contribution in [0.3, 0.4) is 0 Å². The number of thiocarbonyl (C=S) groups is 1. The molecule has 144 valence electrons. The molecule has 1 saturated heterocycles. The van der Waals surface area contributed by atoms with Crippen molar-refractivity contribution in [3.8, 4) is 11.5 Å². The van der Waals surface area contributed by atoms with E-state index in [0.717, 1.165) is 11.1 Å². The summed E-state index contributed by atoms with van der Waals surface area (Å²) in [7, 11) is 1.49. The summed E-state index contributed by atoms with van der Waals surface area (Å²) < 4.78 is 11.3. The molecular weight excluding hydrogens is 400 g/mol. The number of nitrogens with one attached hydrogen (secondary N) is 2. The molecule has 2 aromatic carbocycles. The van der Waals surface area contributed by atoms with Gasteiger partial charge in [0, 0.05) is 0 Å². The summed E-state index contributed by atoms with van der Waals surface area (Å²) in [4.78, 5) is 24.0. The minimum absolute atomic E-state index is 0.0253. The Balaban J connectivity index is 1.88. The monoisotopic (exact) mass is 416 g/mol. The van der Waals surface area contributed by atoms with Crippen molar-refractivity contribution in [3.05, 3.63) is 63.7 Å². The molecule has 0 unspecified atom stereocenters. The molecule has 0 spiro atoms. The molecule has 0 aromatic heterocycles. The fourth-order valence-corrected chi connectivity index (χ4v) is 3.12. The Hall–Kier alpha value is -2.90. The number of rotatable bonds is 5. The number of carbonyl (C=O) groups excluding carboxylic acids is 2. The Morgan fingerprint density at radius 1 is 1.14 bits per heavy atom. The van der Waals surface area contributed by atoms with E-state index in [2.05, 4.69) is 10.6 Å². The summed E-state index contributed by atoms with van der Waals surface area (Å²) in [5.41, 5.74) is 2.56. The minimum atomic E-state index is -0.580. The maximum Gasteiger partial charge on any atom is 0.263 e. The van der Waals surface area contributed by atoms with Crippen LogP contribution in [0.5, 0.6) is 11.5 Å². The molecule has 1 heterocycles. The van der Waals surface area contributed by atoms with Crippen molar-refractivity contribution in [2.75, 3.05) is 7.11 Å². The van der Waals surface area contributed by atoms with Gasteiger partial charge in [-0.3, -0.25) is 20.2 Å². The zero-order chi connectivity index (χ0) is 20.3. The molecule has 0 aliphatic carbocycles. The largest absolute Gasteiger partial charge is 0.493 e. The van der Waals surface area contributed by atoms with E-state index in [1.165, 1.54) is 13.2 Å². The SMILES string of the molecule is COc1cc(C=C2C(=O)NC(=S)NC2=O)cc(Cl)c1OCc1ccccc1C. The van der Waals surface area contributed by atoms with Gasteiger partial charge in [-0.2, -0.15) is 0 Å². The van der Waals surface area contributed by atoms with Gasteiger partial charge in [-0.05, 0) is 54.0 Å². The van der Waals surface area contributed by atoms with E-state index in [1.54, 1.807) is 12.1 Å². The Morgan fingerprint density at radius 2 is 1.82 bits per heavy atom. The summed E-state index contributed by atoms with van der Waals surface area (Å²) >= 11 is 11.2. The number of halogens is 1. The van der Waals surface area contributed by atoms with E-state index in [4.69, 9.17) is 33.3 Å². The van der Waals surface area contributed by atoms with Gasteiger partial charge in [-0.15, -0.1) is 0 Å². The zero-order valence-electron chi connectivity index (χ0n) is 15.2. The molecule has 2 N–H and O–H groups in total. The molecule has 8 heteroatoms. The third-order valence-corrected chi connectivity index (χ3v) is 4.62. The molecule has 6 nitrogen and oxygen atoms in total. The third kappa shape index (κ3) is 4.32. The van der Waals surface area contributed by atoms with Crippen LogP contribution in [0, 0.1) is 6.92 Å². The summed E-state index contributed by atoms with van der Waals surface area (Å²) in [6, 6.07) is 11.1. The Labute approximate surface area is 172 Å². The molecule has 0 saturated carbocycles. The highest BCUT2D eigenvalue weighted by molar-refractivity contribution is 7.80. The molecule has 2 aromatic rings.